The van der Waals surface area contributed by atoms with E-state index in [-0.39, 0.29) is 23.5 Å². The van der Waals surface area contributed by atoms with E-state index in [0.717, 1.165) is 29.0 Å². The quantitative estimate of drug-likeness (QED) is 0.198. The molecule has 3 heterocycles. The molecule has 1 fully saturated rings. The number of nitrogens with one attached hydrogen (secondary N) is 3. The van der Waals surface area contributed by atoms with Gasteiger partial charge >= 0.3 is 0 Å². The van der Waals surface area contributed by atoms with Gasteiger partial charge in [-0.25, -0.2) is 15.5 Å². The van der Waals surface area contributed by atoms with Crippen LogP contribution in [0.3, 0.4) is 0 Å². The van der Waals surface area contributed by atoms with Gasteiger partial charge in [0.25, 0.3) is 5.91 Å². The lowest BCUT2D eigenvalue weighted by Gasteiger charge is -2.34. The Morgan fingerprint density at radius 1 is 1.27 bits per heavy atom. The van der Waals surface area contributed by atoms with Gasteiger partial charge in [0, 0.05) is 12.1 Å². The number of ether oxygens (including phenoxy) is 2. The predicted octanol–water partition coefficient (Wildman–Crippen LogP) is 3.86. The average molecular weight is 573 g/mol. The van der Waals surface area contributed by atoms with E-state index in [1.165, 1.54) is 11.3 Å². The molecule has 0 aliphatic carbocycles. The first-order valence-electron chi connectivity index (χ1n) is 12.9. The third kappa shape index (κ3) is 6.16. The molecule has 1 unspecified atom stereocenters. The number of hydrazine groups is 1. The lowest BCUT2D eigenvalue weighted by molar-refractivity contribution is 0.0537. The number of methoxy groups -OCH3 is 1. The summed E-state index contributed by atoms with van der Waals surface area (Å²) in [5, 5.41) is 28.8. The van der Waals surface area contributed by atoms with Crippen LogP contribution in [-0.2, 0) is 0 Å². The molecule has 1 amide bonds. The highest BCUT2D eigenvalue weighted by molar-refractivity contribution is 7.17. The average Bonchev–Trinajstić information content (AvgIpc) is 3.68. The van der Waals surface area contributed by atoms with Gasteiger partial charge in [-0.1, -0.05) is 6.07 Å². The number of hydrogen-bond acceptors (Lipinski definition) is 12. The first-order valence-corrected chi connectivity index (χ1v) is 13.8. The summed E-state index contributed by atoms with van der Waals surface area (Å²) in [6.45, 7) is 4.92. The number of H-pyrrole nitrogens is 1. The normalized spacial score (nSPS) is 15.3. The molecular formula is C27H28N10O3S. The lowest BCUT2D eigenvalue weighted by Crippen LogP contribution is -2.48. The Morgan fingerprint density at radius 3 is 2.80 bits per heavy atom. The van der Waals surface area contributed by atoms with Gasteiger partial charge in [-0.2, -0.15) is 10.4 Å². The van der Waals surface area contributed by atoms with E-state index in [0.29, 0.717) is 40.9 Å². The lowest BCUT2D eigenvalue weighted by atomic mass is 10.00. The zero-order valence-electron chi connectivity index (χ0n) is 22.7. The number of aromatic amines is 1. The third-order valence-electron chi connectivity index (χ3n) is 6.42. The number of hydrogen-bond donors (Lipinski definition) is 3. The van der Waals surface area contributed by atoms with Crippen molar-refractivity contribution < 1.29 is 14.3 Å². The Morgan fingerprint density at radius 2 is 2.10 bits per heavy atom. The van der Waals surface area contributed by atoms with Gasteiger partial charge in [0.15, 0.2) is 11.5 Å². The van der Waals surface area contributed by atoms with Crippen molar-refractivity contribution in [2.45, 2.75) is 32.7 Å². The van der Waals surface area contributed by atoms with Crippen molar-refractivity contribution in [3.05, 3.63) is 64.4 Å². The van der Waals surface area contributed by atoms with Crippen LogP contribution in [-0.4, -0.2) is 62.5 Å². The van der Waals surface area contributed by atoms with E-state index in [9.17, 15) is 10.1 Å². The molecule has 4 aromatic rings. The molecule has 3 N–H and O–H groups in total. The molecule has 2 aromatic carbocycles. The molecule has 1 aliphatic heterocycles. The Kier molecular flexibility index (Phi) is 8.47. The highest BCUT2D eigenvalue weighted by Crippen LogP contribution is 2.34. The number of aryl methyl sites for hydroxylation is 1. The minimum Gasteiger partial charge on any atom is -0.493 e. The second-order valence-corrected chi connectivity index (χ2v) is 10.1. The fraction of sp³-hybridized carbons (Fsp3) is 0.296. The number of carbonyl (C=O) groups is 1. The molecule has 41 heavy (non-hydrogen) atoms. The summed E-state index contributed by atoms with van der Waals surface area (Å²) in [7, 11) is 1.62. The summed E-state index contributed by atoms with van der Waals surface area (Å²) in [4.78, 5) is 18.8. The van der Waals surface area contributed by atoms with Gasteiger partial charge in [-0.3, -0.25) is 15.2 Å². The van der Waals surface area contributed by atoms with Crippen molar-refractivity contribution in [2.75, 3.05) is 25.7 Å². The zero-order valence-corrected chi connectivity index (χ0v) is 23.5. The third-order valence-corrected chi connectivity index (χ3v) is 7.61. The number of nitriles is 1. The minimum atomic E-state index is -0.104. The van der Waals surface area contributed by atoms with Crippen molar-refractivity contribution in [1.29, 1.82) is 5.26 Å². The smallest absolute Gasteiger partial charge is 0.279 e. The number of carbonyl (C=O) groups excluding carboxylic acids is 1. The van der Waals surface area contributed by atoms with E-state index in [2.05, 4.69) is 41.6 Å². The second-order valence-electron chi connectivity index (χ2n) is 9.07. The maximum absolute atomic E-state index is 13.6. The molecule has 0 saturated carbocycles. The number of hydrazone groups is 1. The Bertz CT molecular complexity index is 1580. The van der Waals surface area contributed by atoms with Crippen LogP contribution in [0.25, 0.3) is 10.6 Å². The SMILES string of the molecule is CCOc1cc(C2CCCN(C(=O)c3sc(-c4ccc(NN=C(C#N)c5nnn[nH]5)cc4)nc3C)N2)ccc1OC. The summed E-state index contributed by atoms with van der Waals surface area (Å²) in [6.07, 6.45) is 1.76. The Hall–Kier alpha value is -4.87. The van der Waals surface area contributed by atoms with Crippen LogP contribution in [0.15, 0.2) is 47.6 Å². The number of rotatable bonds is 9. The van der Waals surface area contributed by atoms with Crippen molar-refractivity contribution in [3.63, 3.8) is 0 Å². The van der Waals surface area contributed by atoms with Crippen molar-refractivity contribution in [3.8, 4) is 28.1 Å². The first-order chi connectivity index (χ1) is 20.0. The van der Waals surface area contributed by atoms with Gasteiger partial charge in [0.2, 0.25) is 11.5 Å². The first kappa shape index (κ1) is 27.7. The maximum Gasteiger partial charge on any atom is 0.279 e. The summed E-state index contributed by atoms with van der Waals surface area (Å²) in [6, 6.07) is 15.1. The fourth-order valence-electron chi connectivity index (χ4n) is 4.39. The van der Waals surface area contributed by atoms with E-state index in [4.69, 9.17) is 9.47 Å². The fourth-order valence-corrected chi connectivity index (χ4v) is 5.41. The zero-order chi connectivity index (χ0) is 28.8. The van der Waals surface area contributed by atoms with Crippen LogP contribution >= 0.6 is 11.3 Å². The van der Waals surface area contributed by atoms with Crippen molar-refractivity contribution in [1.82, 2.24) is 36.0 Å². The number of aromatic nitrogens is 5. The van der Waals surface area contributed by atoms with Crippen molar-refractivity contribution >= 4 is 28.6 Å². The standard InChI is InChI=1S/C27H28N10O3S/c1-4-40-23-14-18(9-12-22(23)39-3)20-6-5-13-37(34-20)27(38)24-16(2)29-26(41-24)17-7-10-19(11-8-17)30-31-21(15-28)25-32-35-36-33-25/h7-12,14,20,30,34H,4-6,13H2,1-3H3,(H,32,33,35,36). The topological polar surface area (TPSA) is 166 Å². The van der Waals surface area contributed by atoms with Gasteiger partial charge in [0.1, 0.15) is 16.0 Å². The van der Waals surface area contributed by atoms with Crippen LogP contribution in [0.2, 0.25) is 0 Å². The number of amides is 1. The molecule has 0 bridgehead atoms. The van der Waals surface area contributed by atoms with E-state index in [1.807, 2.05) is 62.4 Å². The molecule has 1 atom stereocenters. The predicted molar refractivity (Wildman–Crippen MR) is 153 cm³/mol. The van der Waals surface area contributed by atoms with Crippen LogP contribution in [0.1, 0.15) is 52.6 Å². The van der Waals surface area contributed by atoms with E-state index < -0.39 is 0 Å². The van der Waals surface area contributed by atoms with Gasteiger partial charge in [0.05, 0.1) is 31.1 Å². The monoisotopic (exact) mass is 572 g/mol. The van der Waals surface area contributed by atoms with Crippen molar-refractivity contribution in [2.24, 2.45) is 5.10 Å². The highest BCUT2D eigenvalue weighted by atomic mass is 32.1. The largest absolute Gasteiger partial charge is 0.493 e. The molecule has 5 rings (SSSR count). The van der Waals surface area contributed by atoms with Crippen LogP contribution in [0, 0.1) is 18.3 Å². The summed E-state index contributed by atoms with van der Waals surface area (Å²) in [5.74, 6) is 1.43. The maximum atomic E-state index is 13.6. The number of nitrogens with zero attached hydrogens (tertiary/aromatic N) is 7. The van der Waals surface area contributed by atoms with Gasteiger partial charge in [-0.15, -0.1) is 16.4 Å². The molecule has 1 aliphatic rings. The summed E-state index contributed by atoms with van der Waals surface area (Å²) in [5.41, 5.74) is 9.48. The summed E-state index contributed by atoms with van der Waals surface area (Å²) >= 11 is 1.36. The number of anilines is 1. The highest BCUT2D eigenvalue weighted by Gasteiger charge is 2.28. The van der Waals surface area contributed by atoms with Crippen LogP contribution < -0.4 is 20.3 Å². The molecule has 210 valence electrons. The van der Waals surface area contributed by atoms with Gasteiger partial charge < -0.3 is 9.47 Å². The number of thiazole rings is 1. The van der Waals surface area contributed by atoms with E-state index in [1.54, 1.807) is 12.1 Å². The molecule has 1 saturated heterocycles. The molecular weight excluding hydrogens is 544 g/mol. The molecule has 2 aromatic heterocycles. The minimum absolute atomic E-state index is 0.0214. The molecule has 13 nitrogen and oxygen atoms in total. The van der Waals surface area contributed by atoms with E-state index >= 15 is 0 Å². The number of tetrazole rings is 1. The van der Waals surface area contributed by atoms with Gasteiger partial charge in [-0.05, 0) is 79.1 Å². The molecule has 0 radical (unpaired) electrons. The Labute approximate surface area is 240 Å². The summed E-state index contributed by atoms with van der Waals surface area (Å²) < 4.78 is 11.2. The van der Waals surface area contributed by atoms with Crippen LogP contribution in [0.5, 0.6) is 11.5 Å². The number of benzene rings is 2. The Balaban J connectivity index is 1.28. The second kappa shape index (κ2) is 12.5. The van der Waals surface area contributed by atoms with Crippen LogP contribution in [0.4, 0.5) is 5.69 Å². The molecule has 0 spiro atoms. The molecule has 14 heteroatoms.